The highest BCUT2D eigenvalue weighted by molar-refractivity contribution is 9.10. The standard InChI is InChI=1S/C14H9BrF2N2/c15-11-3-1-9(7-18)14(5-11)19-8-10-2-4-12(16)6-13(10)17/h1-6,19H,8H2. The molecule has 0 aromatic heterocycles. The maximum atomic E-state index is 13.5. The molecule has 0 unspecified atom stereocenters. The summed E-state index contributed by atoms with van der Waals surface area (Å²) in [5.41, 5.74) is 1.40. The predicted octanol–water partition coefficient (Wildman–Crippen LogP) is 4.21. The van der Waals surface area contributed by atoms with E-state index in [0.29, 0.717) is 16.8 Å². The van der Waals surface area contributed by atoms with Gasteiger partial charge in [-0.2, -0.15) is 5.26 Å². The third-order valence-electron chi connectivity index (χ3n) is 2.59. The summed E-state index contributed by atoms with van der Waals surface area (Å²) >= 11 is 3.30. The summed E-state index contributed by atoms with van der Waals surface area (Å²) in [5.74, 6) is -1.22. The Hall–Kier alpha value is -1.93. The Bertz CT molecular complexity index is 650. The summed E-state index contributed by atoms with van der Waals surface area (Å²) in [4.78, 5) is 0. The van der Waals surface area contributed by atoms with Crippen molar-refractivity contribution in [3.05, 3.63) is 63.6 Å². The number of nitrogens with one attached hydrogen (secondary N) is 1. The van der Waals surface area contributed by atoms with Crippen molar-refractivity contribution in [1.82, 2.24) is 0 Å². The molecule has 0 fully saturated rings. The number of nitrogens with zero attached hydrogens (tertiary/aromatic N) is 1. The fourth-order valence-corrected chi connectivity index (χ4v) is 1.98. The fourth-order valence-electron chi connectivity index (χ4n) is 1.62. The molecule has 0 aliphatic rings. The normalized spacial score (nSPS) is 10.0. The Balaban J connectivity index is 2.19. The minimum absolute atomic E-state index is 0.178. The van der Waals surface area contributed by atoms with E-state index in [0.717, 1.165) is 10.5 Å². The van der Waals surface area contributed by atoms with Gasteiger partial charge in [-0.05, 0) is 24.3 Å². The van der Waals surface area contributed by atoms with E-state index in [1.165, 1.54) is 12.1 Å². The smallest absolute Gasteiger partial charge is 0.131 e. The van der Waals surface area contributed by atoms with Crippen LogP contribution in [0.4, 0.5) is 14.5 Å². The van der Waals surface area contributed by atoms with Crippen LogP contribution in [-0.2, 0) is 6.54 Å². The minimum Gasteiger partial charge on any atom is -0.380 e. The van der Waals surface area contributed by atoms with Gasteiger partial charge in [-0.1, -0.05) is 22.0 Å². The van der Waals surface area contributed by atoms with Gasteiger partial charge < -0.3 is 5.32 Å². The topological polar surface area (TPSA) is 35.8 Å². The molecular formula is C14H9BrF2N2. The average molecular weight is 323 g/mol. The molecule has 0 amide bonds. The molecule has 2 aromatic carbocycles. The third-order valence-corrected chi connectivity index (χ3v) is 3.08. The average Bonchev–Trinajstić information content (AvgIpc) is 2.38. The molecule has 2 rings (SSSR count). The van der Waals surface area contributed by atoms with Gasteiger partial charge >= 0.3 is 0 Å². The second-order valence-corrected chi connectivity index (χ2v) is 4.81. The number of nitriles is 1. The van der Waals surface area contributed by atoms with Gasteiger partial charge in [0.05, 0.1) is 11.3 Å². The van der Waals surface area contributed by atoms with Crippen molar-refractivity contribution in [2.24, 2.45) is 0 Å². The van der Waals surface area contributed by atoms with Crippen LogP contribution in [0, 0.1) is 23.0 Å². The van der Waals surface area contributed by atoms with Gasteiger partial charge in [-0.15, -0.1) is 0 Å². The highest BCUT2D eigenvalue weighted by Gasteiger charge is 2.06. The number of hydrogen-bond donors (Lipinski definition) is 1. The molecule has 0 saturated carbocycles. The lowest BCUT2D eigenvalue weighted by Crippen LogP contribution is -2.03. The number of benzene rings is 2. The zero-order chi connectivity index (χ0) is 13.8. The second-order valence-electron chi connectivity index (χ2n) is 3.89. The molecule has 5 heteroatoms. The van der Waals surface area contributed by atoms with E-state index in [1.54, 1.807) is 18.2 Å². The van der Waals surface area contributed by atoms with Crippen molar-refractivity contribution in [2.45, 2.75) is 6.54 Å². The van der Waals surface area contributed by atoms with Crippen LogP contribution < -0.4 is 5.32 Å². The zero-order valence-corrected chi connectivity index (χ0v) is 11.3. The number of anilines is 1. The molecule has 0 radical (unpaired) electrons. The van der Waals surface area contributed by atoms with E-state index < -0.39 is 11.6 Å². The Morgan fingerprint density at radius 1 is 1.16 bits per heavy atom. The van der Waals surface area contributed by atoms with Crippen molar-refractivity contribution in [2.75, 3.05) is 5.32 Å². The van der Waals surface area contributed by atoms with Crippen molar-refractivity contribution in [3.8, 4) is 6.07 Å². The molecule has 0 atom stereocenters. The van der Waals surface area contributed by atoms with E-state index in [9.17, 15) is 8.78 Å². The van der Waals surface area contributed by atoms with E-state index in [2.05, 4.69) is 21.2 Å². The summed E-state index contributed by atoms with van der Waals surface area (Å²) < 4.78 is 27.0. The highest BCUT2D eigenvalue weighted by atomic mass is 79.9. The maximum Gasteiger partial charge on any atom is 0.131 e. The largest absolute Gasteiger partial charge is 0.380 e. The molecule has 2 aromatic rings. The number of halogens is 3. The molecule has 2 nitrogen and oxygen atoms in total. The van der Waals surface area contributed by atoms with Crippen LogP contribution in [0.15, 0.2) is 40.9 Å². The third kappa shape index (κ3) is 3.30. The zero-order valence-electron chi connectivity index (χ0n) is 9.75. The van der Waals surface area contributed by atoms with Crippen molar-refractivity contribution < 1.29 is 8.78 Å². The Morgan fingerprint density at radius 3 is 2.63 bits per heavy atom. The lowest BCUT2D eigenvalue weighted by atomic mass is 10.1. The predicted molar refractivity (Wildman–Crippen MR) is 72.5 cm³/mol. The highest BCUT2D eigenvalue weighted by Crippen LogP contribution is 2.22. The van der Waals surface area contributed by atoms with Crippen molar-refractivity contribution in [1.29, 1.82) is 5.26 Å². The Labute approximate surface area is 117 Å². The molecule has 0 spiro atoms. The van der Waals surface area contributed by atoms with Crippen LogP contribution in [0.2, 0.25) is 0 Å². The minimum atomic E-state index is -0.610. The van der Waals surface area contributed by atoms with Crippen molar-refractivity contribution >= 4 is 21.6 Å². The van der Waals surface area contributed by atoms with Crippen LogP contribution >= 0.6 is 15.9 Å². The molecule has 96 valence electrons. The molecular weight excluding hydrogens is 314 g/mol. The molecule has 19 heavy (non-hydrogen) atoms. The summed E-state index contributed by atoms with van der Waals surface area (Å²) in [5, 5.41) is 11.9. The molecule has 0 saturated heterocycles. The van der Waals surface area contributed by atoms with Crippen molar-refractivity contribution in [3.63, 3.8) is 0 Å². The molecule has 0 aliphatic carbocycles. The summed E-state index contributed by atoms with van der Waals surface area (Å²) in [7, 11) is 0. The molecule has 0 aliphatic heterocycles. The Morgan fingerprint density at radius 2 is 1.95 bits per heavy atom. The van der Waals surface area contributed by atoms with Crippen LogP contribution in [0.3, 0.4) is 0 Å². The van der Waals surface area contributed by atoms with Gasteiger partial charge in [0.15, 0.2) is 0 Å². The summed E-state index contributed by atoms with van der Waals surface area (Å²) in [6.45, 7) is 0.178. The molecule has 0 bridgehead atoms. The van der Waals surface area contributed by atoms with Crippen LogP contribution in [0.1, 0.15) is 11.1 Å². The first-order valence-electron chi connectivity index (χ1n) is 5.47. The molecule has 0 heterocycles. The van der Waals surface area contributed by atoms with Gasteiger partial charge in [0.25, 0.3) is 0 Å². The van der Waals surface area contributed by atoms with E-state index in [-0.39, 0.29) is 6.54 Å². The van der Waals surface area contributed by atoms with Crippen LogP contribution in [-0.4, -0.2) is 0 Å². The maximum absolute atomic E-state index is 13.5. The number of rotatable bonds is 3. The summed E-state index contributed by atoms with van der Waals surface area (Å²) in [6, 6.07) is 10.6. The Kier molecular flexibility index (Phi) is 4.13. The SMILES string of the molecule is N#Cc1ccc(Br)cc1NCc1ccc(F)cc1F. The molecule has 1 N–H and O–H groups in total. The lowest BCUT2D eigenvalue weighted by Gasteiger charge is -2.09. The monoisotopic (exact) mass is 322 g/mol. The first-order valence-corrected chi connectivity index (χ1v) is 6.27. The lowest BCUT2D eigenvalue weighted by molar-refractivity contribution is 0.574. The van der Waals surface area contributed by atoms with Gasteiger partial charge in [-0.25, -0.2) is 8.78 Å². The fraction of sp³-hybridized carbons (Fsp3) is 0.0714. The van der Waals surface area contributed by atoms with Gasteiger partial charge in [0.2, 0.25) is 0 Å². The van der Waals surface area contributed by atoms with Gasteiger partial charge in [0.1, 0.15) is 17.7 Å². The number of hydrogen-bond acceptors (Lipinski definition) is 2. The second kappa shape index (κ2) is 5.81. The first-order chi connectivity index (χ1) is 9.10. The van der Waals surface area contributed by atoms with Crippen LogP contribution in [0.25, 0.3) is 0 Å². The van der Waals surface area contributed by atoms with E-state index >= 15 is 0 Å². The van der Waals surface area contributed by atoms with Gasteiger partial charge in [-0.3, -0.25) is 0 Å². The first kappa shape index (κ1) is 13.5. The summed E-state index contributed by atoms with van der Waals surface area (Å²) in [6.07, 6.45) is 0. The quantitative estimate of drug-likeness (QED) is 0.918. The van der Waals surface area contributed by atoms with E-state index in [4.69, 9.17) is 5.26 Å². The van der Waals surface area contributed by atoms with Crippen LogP contribution in [0.5, 0.6) is 0 Å². The van der Waals surface area contributed by atoms with E-state index in [1.807, 2.05) is 6.07 Å². The van der Waals surface area contributed by atoms with Gasteiger partial charge in [0, 0.05) is 22.6 Å².